The molecule has 23 heavy (non-hydrogen) atoms. The molecule has 2 rings (SSSR count). The lowest BCUT2D eigenvalue weighted by atomic mass is 10.1. The predicted octanol–water partition coefficient (Wildman–Crippen LogP) is 2.71. The summed E-state index contributed by atoms with van der Waals surface area (Å²) in [6.45, 7) is 4.79. The normalized spacial score (nSPS) is 18.5. The Morgan fingerprint density at radius 1 is 1.48 bits per heavy atom. The van der Waals surface area contributed by atoms with Gasteiger partial charge in [0.25, 0.3) is 0 Å². The van der Waals surface area contributed by atoms with Crippen LogP contribution in [0.2, 0.25) is 0 Å². The molecule has 1 aromatic carbocycles. The second-order valence-corrected chi connectivity index (χ2v) is 6.64. The standard InChI is InChI=1S/C17H26N2O3S/c1-4-5-8-22-15-7-6-13(9-16(15)21-3)12(2)19-17(20)14-10-23-11-18-14/h6-7,9,12,14,18H,4-5,8,10-11H2,1-3H3,(H,19,20). The fraction of sp³-hybridized carbons (Fsp3) is 0.588. The fourth-order valence-corrected chi connectivity index (χ4v) is 3.30. The van der Waals surface area contributed by atoms with Crippen molar-refractivity contribution in [2.24, 2.45) is 0 Å². The number of carbonyl (C=O) groups excluding carboxylic acids is 1. The summed E-state index contributed by atoms with van der Waals surface area (Å²) in [5, 5.41) is 6.23. The highest BCUT2D eigenvalue weighted by molar-refractivity contribution is 7.99. The van der Waals surface area contributed by atoms with Gasteiger partial charge in [0, 0.05) is 11.6 Å². The van der Waals surface area contributed by atoms with Gasteiger partial charge in [-0.1, -0.05) is 19.4 Å². The minimum absolute atomic E-state index is 0.0461. The van der Waals surface area contributed by atoms with Gasteiger partial charge in [-0.25, -0.2) is 0 Å². The van der Waals surface area contributed by atoms with E-state index in [9.17, 15) is 4.79 Å². The van der Waals surface area contributed by atoms with Gasteiger partial charge in [0.05, 0.1) is 25.8 Å². The van der Waals surface area contributed by atoms with Crippen LogP contribution < -0.4 is 20.1 Å². The van der Waals surface area contributed by atoms with Crippen LogP contribution in [0.4, 0.5) is 0 Å². The number of methoxy groups -OCH3 is 1. The second kappa shape index (κ2) is 9.03. The predicted molar refractivity (Wildman–Crippen MR) is 94.2 cm³/mol. The summed E-state index contributed by atoms with van der Waals surface area (Å²) in [4.78, 5) is 12.2. The van der Waals surface area contributed by atoms with E-state index in [1.54, 1.807) is 18.9 Å². The highest BCUT2D eigenvalue weighted by atomic mass is 32.2. The molecule has 5 nitrogen and oxygen atoms in total. The molecule has 0 bridgehead atoms. The van der Waals surface area contributed by atoms with E-state index in [1.165, 1.54) is 0 Å². The average Bonchev–Trinajstić information content (AvgIpc) is 3.09. The number of hydrogen-bond donors (Lipinski definition) is 2. The number of carbonyl (C=O) groups is 1. The Bertz CT molecular complexity index is 519. The van der Waals surface area contributed by atoms with Crippen LogP contribution in [0.3, 0.4) is 0 Å². The van der Waals surface area contributed by atoms with Crippen LogP contribution in [0.5, 0.6) is 11.5 Å². The Balaban J connectivity index is 1.99. The number of nitrogens with one attached hydrogen (secondary N) is 2. The molecule has 1 saturated heterocycles. The Labute approximate surface area is 142 Å². The summed E-state index contributed by atoms with van der Waals surface area (Å²) >= 11 is 1.74. The molecule has 2 N–H and O–H groups in total. The van der Waals surface area contributed by atoms with Crippen LogP contribution >= 0.6 is 11.8 Å². The van der Waals surface area contributed by atoms with Gasteiger partial charge < -0.3 is 14.8 Å². The molecule has 1 heterocycles. The van der Waals surface area contributed by atoms with E-state index < -0.39 is 0 Å². The van der Waals surface area contributed by atoms with Crippen LogP contribution in [-0.4, -0.2) is 37.3 Å². The topological polar surface area (TPSA) is 59.6 Å². The van der Waals surface area contributed by atoms with Gasteiger partial charge in [0.15, 0.2) is 11.5 Å². The van der Waals surface area contributed by atoms with Crippen molar-refractivity contribution in [3.8, 4) is 11.5 Å². The molecule has 1 fully saturated rings. The summed E-state index contributed by atoms with van der Waals surface area (Å²) < 4.78 is 11.2. The minimum atomic E-state index is -0.0963. The first-order chi connectivity index (χ1) is 11.2. The summed E-state index contributed by atoms with van der Waals surface area (Å²) in [6, 6.07) is 5.65. The molecular weight excluding hydrogens is 312 g/mol. The van der Waals surface area contributed by atoms with Crippen LogP contribution in [-0.2, 0) is 4.79 Å². The molecule has 0 spiro atoms. The van der Waals surface area contributed by atoms with Crippen molar-refractivity contribution in [1.82, 2.24) is 10.6 Å². The molecule has 6 heteroatoms. The van der Waals surface area contributed by atoms with E-state index in [4.69, 9.17) is 9.47 Å². The van der Waals surface area contributed by atoms with Gasteiger partial charge in [0.1, 0.15) is 0 Å². The molecule has 2 atom stereocenters. The van der Waals surface area contributed by atoms with Crippen molar-refractivity contribution < 1.29 is 14.3 Å². The number of thioether (sulfide) groups is 1. The Kier molecular flexibility index (Phi) is 7.05. The van der Waals surface area contributed by atoms with Gasteiger partial charge in [-0.05, 0) is 31.0 Å². The highest BCUT2D eigenvalue weighted by Gasteiger charge is 2.24. The zero-order valence-corrected chi connectivity index (χ0v) is 14.9. The van der Waals surface area contributed by atoms with Crippen molar-refractivity contribution in [3.63, 3.8) is 0 Å². The number of ether oxygens (including phenoxy) is 2. The molecule has 0 aromatic heterocycles. The van der Waals surface area contributed by atoms with E-state index in [-0.39, 0.29) is 18.0 Å². The largest absolute Gasteiger partial charge is 0.493 e. The molecule has 2 unspecified atom stereocenters. The lowest BCUT2D eigenvalue weighted by Crippen LogP contribution is -2.42. The third-order valence-electron chi connectivity index (χ3n) is 3.83. The maximum absolute atomic E-state index is 12.2. The number of rotatable bonds is 8. The molecule has 128 valence electrons. The first-order valence-corrected chi connectivity index (χ1v) is 9.23. The smallest absolute Gasteiger partial charge is 0.238 e. The summed E-state index contributed by atoms with van der Waals surface area (Å²) in [7, 11) is 1.63. The van der Waals surface area contributed by atoms with E-state index in [1.807, 2.05) is 25.1 Å². The third kappa shape index (κ3) is 5.04. The first kappa shape index (κ1) is 17.9. The maximum atomic E-state index is 12.2. The van der Waals surface area contributed by atoms with Crippen LogP contribution in [0.25, 0.3) is 0 Å². The number of benzene rings is 1. The van der Waals surface area contributed by atoms with Crippen LogP contribution in [0.1, 0.15) is 38.3 Å². The summed E-state index contributed by atoms with van der Waals surface area (Å²) in [5.74, 6) is 3.16. The van der Waals surface area contributed by atoms with E-state index in [0.717, 1.165) is 35.8 Å². The number of hydrogen-bond acceptors (Lipinski definition) is 5. The molecule has 1 amide bonds. The van der Waals surface area contributed by atoms with Gasteiger partial charge in [-0.3, -0.25) is 10.1 Å². The molecule has 0 radical (unpaired) electrons. The average molecular weight is 338 g/mol. The van der Waals surface area contributed by atoms with E-state index in [0.29, 0.717) is 12.4 Å². The Morgan fingerprint density at radius 3 is 2.96 bits per heavy atom. The SMILES string of the molecule is CCCCOc1ccc(C(C)NC(=O)C2CSCN2)cc1OC. The molecule has 1 aromatic rings. The van der Waals surface area contributed by atoms with Gasteiger partial charge in [-0.2, -0.15) is 0 Å². The number of unbranched alkanes of at least 4 members (excludes halogenated alkanes) is 1. The van der Waals surface area contributed by atoms with Crippen LogP contribution in [0.15, 0.2) is 18.2 Å². The van der Waals surface area contributed by atoms with Crippen molar-refractivity contribution >= 4 is 17.7 Å². The van der Waals surface area contributed by atoms with Gasteiger partial charge >= 0.3 is 0 Å². The molecule has 0 aliphatic carbocycles. The van der Waals surface area contributed by atoms with Crippen molar-refractivity contribution in [2.75, 3.05) is 25.3 Å². The van der Waals surface area contributed by atoms with E-state index in [2.05, 4.69) is 17.6 Å². The quantitative estimate of drug-likeness (QED) is 0.714. The zero-order valence-electron chi connectivity index (χ0n) is 14.1. The lowest BCUT2D eigenvalue weighted by Gasteiger charge is -2.19. The molecule has 0 saturated carbocycles. The third-order valence-corrected chi connectivity index (χ3v) is 4.77. The monoisotopic (exact) mass is 338 g/mol. The maximum Gasteiger partial charge on any atom is 0.238 e. The van der Waals surface area contributed by atoms with Gasteiger partial charge in [-0.15, -0.1) is 11.8 Å². The zero-order chi connectivity index (χ0) is 16.7. The highest BCUT2D eigenvalue weighted by Crippen LogP contribution is 2.30. The van der Waals surface area contributed by atoms with Crippen molar-refractivity contribution in [1.29, 1.82) is 0 Å². The molecule has 1 aliphatic heterocycles. The lowest BCUT2D eigenvalue weighted by molar-refractivity contribution is -0.123. The summed E-state index contributed by atoms with van der Waals surface area (Å²) in [6.07, 6.45) is 2.11. The molecule has 1 aliphatic rings. The number of amides is 1. The second-order valence-electron chi connectivity index (χ2n) is 5.61. The Morgan fingerprint density at radius 2 is 2.30 bits per heavy atom. The van der Waals surface area contributed by atoms with Crippen LogP contribution in [0, 0.1) is 0 Å². The van der Waals surface area contributed by atoms with Crippen molar-refractivity contribution in [3.05, 3.63) is 23.8 Å². The summed E-state index contributed by atoms with van der Waals surface area (Å²) in [5.41, 5.74) is 1.00. The fourth-order valence-electron chi connectivity index (χ4n) is 2.36. The molecular formula is C17H26N2O3S. The Hall–Kier alpha value is -1.40. The minimum Gasteiger partial charge on any atom is -0.493 e. The van der Waals surface area contributed by atoms with E-state index >= 15 is 0 Å². The first-order valence-electron chi connectivity index (χ1n) is 8.08. The van der Waals surface area contributed by atoms with Crippen molar-refractivity contribution in [2.45, 2.75) is 38.8 Å². The van der Waals surface area contributed by atoms with Gasteiger partial charge in [0.2, 0.25) is 5.91 Å².